The number of fused-ring (bicyclic) bond motifs is 1. The molecule has 0 bridgehead atoms. The van der Waals surface area contributed by atoms with Crippen molar-refractivity contribution in [2.45, 2.75) is 6.92 Å². The Morgan fingerprint density at radius 2 is 1.50 bits per heavy atom. The van der Waals surface area contributed by atoms with E-state index in [1.807, 2.05) is 6.92 Å². The molecule has 0 saturated carbocycles. The number of ether oxygens (including phenoxy) is 2. The number of likely N-dealkylation sites (N-methyl/N-ethyl adjacent to an activating group) is 1. The SMILES string of the molecule is CCN(CC(=O)Nc1ccc(F)cc1)CC(=O)Nc1ccc2c(c1)OCCO2. The molecule has 28 heavy (non-hydrogen) atoms. The Balaban J connectivity index is 1.51. The predicted molar refractivity (Wildman–Crippen MR) is 103 cm³/mol. The lowest BCUT2D eigenvalue weighted by Crippen LogP contribution is -2.38. The molecule has 0 fully saturated rings. The summed E-state index contributed by atoms with van der Waals surface area (Å²) >= 11 is 0. The highest BCUT2D eigenvalue weighted by Crippen LogP contribution is 2.32. The first-order valence-electron chi connectivity index (χ1n) is 9.01. The van der Waals surface area contributed by atoms with Gasteiger partial charge in [-0.3, -0.25) is 14.5 Å². The second kappa shape index (κ2) is 9.18. The average Bonchev–Trinajstić information content (AvgIpc) is 2.69. The van der Waals surface area contributed by atoms with Crippen molar-refractivity contribution in [3.05, 3.63) is 48.3 Å². The summed E-state index contributed by atoms with van der Waals surface area (Å²) < 4.78 is 23.9. The number of hydrogen-bond donors (Lipinski definition) is 2. The van der Waals surface area contributed by atoms with Gasteiger partial charge in [-0.15, -0.1) is 0 Å². The molecular weight excluding hydrogens is 365 g/mol. The molecule has 2 aromatic rings. The van der Waals surface area contributed by atoms with Gasteiger partial charge in [-0.05, 0) is 42.9 Å². The van der Waals surface area contributed by atoms with Gasteiger partial charge in [0.2, 0.25) is 11.8 Å². The summed E-state index contributed by atoms with van der Waals surface area (Å²) in [6.07, 6.45) is 0. The quantitative estimate of drug-likeness (QED) is 0.763. The van der Waals surface area contributed by atoms with Crippen molar-refractivity contribution in [1.29, 1.82) is 0 Å². The van der Waals surface area contributed by atoms with Crippen LogP contribution in [0.4, 0.5) is 15.8 Å². The van der Waals surface area contributed by atoms with E-state index < -0.39 is 0 Å². The first-order chi connectivity index (χ1) is 13.5. The molecule has 8 heteroatoms. The zero-order valence-corrected chi connectivity index (χ0v) is 15.5. The van der Waals surface area contributed by atoms with Gasteiger partial charge in [0.25, 0.3) is 0 Å². The van der Waals surface area contributed by atoms with Crippen LogP contribution in [0, 0.1) is 5.82 Å². The number of halogens is 1. The van der Waals surface area contributed by atoms with Crippen LogP contribution in [0.1, 0.15) is 6.92 Å². The molecule has 1 aliphatic rings. The van der Waals surface area contributed by atoms with Gasteiger partial charge < -0.3 is 20.1 Å². The monoisotopic (exact) mass is 387 g/mol. The van der Waals surface area contributed by atoms with Crippen molar-refractivity contribution in [2.75, 3.05) is 43.5 Å². The third kappa shape index (κ3) is 5.43. The van der Waals surface area contributed by atoms with E-state index in [0.717, 1.165) is 0 Å². The van der Waals surface area contributed by atoms with Crippen LogP contribution < -0.4 is 20.1 Å². The maximum atomic E-state index is 12.9. The van der Waals surface area contributed by atoms with Gasteiger partial charge in [0, 0.05) is 17.4 Å². The van der Waals surface area contributed by atoms with Crippen LogP contribution in [0.5, 0.6) is 11.5 Å². The molecule has 3 rings (SSSR count). The molecule has 0 aromatic heterocycles. The van der Waals surface area contributed by atoms with E-state index in [1.54, 1.807) is 23.1 Å². The lowest BCUT2D eigenvalue weighted by Gasteiger charge is -2.21. The largest absolute Gasteiger partial charge is 0.486 e. The molecule has 0 radical (unpaired) electrons. The Labute approximate surface area is 162 Å². The van der Waals surface area contributed by atoms with Crippen LogP contribution in [-0.2, 0) is 9.59 Å². The van der Waals surface area contributed by atoms with Crippen molar-refractivity contribution >= 4 is 23.2 Å². The highest BCUT2D eigenvalue weighted by atomic mass is 19.1. The molecular formula is C20H22FN3O4. The maximum absolute atomic E-state index is 12.9. The van der Waals surface area contributed by atoms with E-state index >= 15 is 0 Å². The molecule has 0 saturated heterocycles. The predicted octanol–water partition coefficient (Wildman–Crippen LogP) is 2.50. The summed E-state index contributed by atoms with van der Waals surface area (Å²) in [5.74, 6) is 0.352. The van der Waals surface area contributed by atoms with E-state index in [-0.39, 0.29) is 30.7 Å². The summed E-state index contributed by atoms with van der Waals surface area (Å²) in [4.78, 5) is 26.2. The smallest absolute Gasteiger partial charge is 0.238 e. The van der Waals surface area contributed by atoms with E-state index in [9.17, 15) is 14.0 Å². The minimum atomic E-state index is -0.371. The normalized spacial score (nSPS) is 12.5. The van der Waals surface area contributed by atoms with Crippen LogP contribution in [-0.4, -0.2) is 49.6 Å². The van der Waals surface area contributed by atoms with Gasteiger partial charge in [0.1, 0.15) is 19.0 Å². The zero-order valence-electron chi connectivity index (χ0n) is 15.5. The van der Waals surface area contributed by atoms with Crippen molar-refractivity contribution in [3.63, 3.8) is 0 Å². The van der Waals surface area contributed by atoms with Gasteiger partial charge in [0.15, 0.2) is 11.5 Å². The number of amides is 2. The minimum absolute atomic E-state index is 0.0441. The Hall–Kier alpha value is -3.13. The molecule has 2 amide bonds. The fourth-order valence-electron chi connectivity index (χ4n) is 2.74. The Morgan fingerprint density at radius 1 is 0.929 bits per heavy atom. The van der Waals surface area contributed by atoms with Gasteiger partial charge >= 0.3 is 0 Å². The first-order valence-corrected chi connectivity index (χ1v) is 9.01. The van der Waals surface area contributed by atoms with Crippen LogP contribution in [0.2, 0.25) is 0 Å². The fourth-order valence-corrected chi connectivity index (χ4v) is 2.74. The van der Waals surface area contributed by atoms with Gasteiger partial charge in [-0.25, -0.2) is 4.39 Å². The molecule has 2 aromatic carbocycles. The second-order valence-electron chi connectivity index (χ2n) is 6.26. The number of anilines is 2. The summed E-state index contributed by atoms with van der Waals surface area (Å²) in [6.45, 7) is 3.46. The number of nitrogens with zero attached hydrogens (tertiary/aromatic N) is 1. The number of hydrogen-bond acceptors (Lipinski definition) is 5. The van der Waals surface area contributed by atoms with Crippen LogP contribution in [0.3, 0.4) is 0 Å². The van der Waals surface area contributed by atoms with Crippen molar-refractivity contribution in [3.8, 4) is 11.5 Å². The first kappa shape index (κ1) is 19.6. The van der Waals surface area contributed by atoms with Gasteiger partial charge in [0.05, 0.1) is 13.1 Å². The summed E-state index contributed by atoms with van der Waals surface area (Å²) in [5, 5.41) is 5.48. The standard InChI is InChI=1S/C20H22FN3O4/c1-2-24(12-19(25)22-15-5-3-14(21)4-6-15)13-20(26)23-16-7-8-17-18(11-16)28-10-9-27-17/h3-8,11H,2,9-10,12-13H2,1H3,(H,22,25)(H,23,26). The second-order valence-corrected chi connectivity index (χ2v) is 6.26. The number of nitrogens with one attached hydrogen (secondary N) is 2. The summed E-state index contributed by atoms with van der Waals surface area (Å²) in [6, 6.07) is 10.7. The topological polar surface area (TPSA) is 79.9 Å². The third-order valence-corrected chi connectivity index (χ3v) is 4.14. The fraction of sp³-hybridized carbons (Fsp3) is 0.300. The maximum Gasteiger partial charge on any atom is 0.238 e. The number of rotatable bonds is 7. The summed E-state index contributed by atoms with van der Waals surface area (Å²) in [5.41, 5.74) is 1.10. The van der Waals surface area contributed by atoms with Crippen molar-refractivity contribution < 1.29 is 23.5 Å². The van der Waals surface area contributed by atoms with Crippen molar-refractivity contribution in [1.82, 2.24) is 4.90 Å². The van der Waals surface area contributed by atoms with E-state index in [0.29, 0.717) is 42.6 Å². The van der Waals surface area contributed by atoms with Crippen LogP contribution >= 0.6 is 0 Å². The summed E-state index contributed by atoms with van der Waals surface area (Å²) in [7, 11) is 0. The molecule has 1 aliphatic heterocycles. The lowest BCUT2D eigenvalue weighted by molar-refractivity contribution is -0.119. The Morgan fingerprint density at radius 3 is 2.14 bits per heavy atom. The van der Waals surface area contributed by atoms with E-state index in [1.165, 1.54) is 24.3 Å². The van der Waals surface area contributed by atoms with Gasteiger partial charge in [-0.2, -0.15) is 0 Å². The van der Waals surface area contributed by atoms with E-state index in [2.05, 4.69) is 10.6 Å². The molecule has 0 aliphatic carbocycles. The number of carbonyl (C=O) groups is 2. The number of carbonyl (C=O) groups excluding carboxylic acids is 2. The van der Waals surface area contributed by atoms with Gasteiger partial charge in [-0.1, -0.05) is 6.92 Å². The highest BCUT2D eigenvalue weighted by molar-refractivity contribution is 5.94. The highest BCUT2D eigenvalue weighted by Gasteiger charge is 2.16. The molecule has 2 N–H and O–H groups in total. The lowest BCUT2D eigenvalue weighted by atomic mass is 10.2. The molecule has 1 heterocycles. The molecule has 148 valence electrons. The molecule has 0 atom stereocenters. The Bertz CT molecular complexity index is 842. The average molecular weight is 387 g/mol. The van der Waals surface area contributed by atoms with Crippen molar-refractivity contribution in [2.24, 2.45) is 0 Å². The third-order valence-electron chi connectivity index (χ3n) is 4.14. The molecule has 0 spiro atoms. The zero-order chi connectivity index (χ0) is 19.9. The Kier molecular flexibility index (Phi) is 6.44. The molecule has 7 nitrogen and oxygen atoms in total. The molecule has 0 unspecified atom stereocenters. The number of benzene rings is 2. The van der Waals surface area contributed by atoms with E-state index in [4.69, 9.17) is 9.47 Å². The van der Waals surface area contributed by atoms with Crippen LogP contribution in [0.25, 0.3) is 0 Å². The minimum Gasteiger partial charge on any atom is -0.486 e. The van der Waals surface area contributed by atoms with Crippen LogP contribution in [0.15, 0.2) is 42.5 Å².